The predicted octanol–water partition coefficient (Wildman–Crippen LogP) is 0.977. The largest absolute Gasteiger partial charge is 0.462 e. The summed E-state index contributed by atoms with van der Waals surface area (Å²) in [7, 11) is 3.57. The van der Waals surface area contributed by atoms with Gasteiger partial charge in [-0.2, -0.15) is 5.12 Å². The Morgan fingerprint density at radius 2 is 2.14 bits per heavy atom. The molecular formula is C20H29N7O2. The summed E-state index contributed by atoms with van der Waals surface area (Å²) in [6, 6.07) is 3.42. The number of aromatic nitrogens is 1. The molecule has 0 bridgehead atoms. The van der Waals surface area contributed by atoms with Crippen molar-refractivity contribution < 1.29 is 9.53 Å². The number of amides is 1. The number of carbonyl (C=O) groups is 1. The van der Waals surface area contributed by atoms with E-state index in [2.05, 4.69) is 31.2 Å². The molecule has 1 aliphatic carbocycles. The molecule has 3 N–H and O–H groups in total. The van der Waals surface area contributed by atoms with Gasteiger partial charge in [-0.15, -0.1) is 5.53 Å². The van der Waals surface area contributed by atoms with Crippen molar-refractivity contribution in [2.45, 2.75) is 25.7 Å². The lowest BCUT2D eigenvalue weighted by molar-refractivity contribution is 0.0730. The number of allylic oxidation sites excluding steroid dienone is 3. The first-order valence-corrected chi connectivity index (χ1v) is 10.2. The van der Waals surface area contributed by atoms with Crippen LogP contribution in [0.2, 0.25) is 0 Å². The molecule has 4 rings (SSSR count). The lowest BCUT2D eigenvalue weighted by Crippen LogP contribution is -2.50. The summed E-state index contributed by atoms with van der Waals surface area (Å²) in [6.07, 6.45) is 8.01. The van der Waals surface area contributed by atoms with Crippen LogP contribution in [0.3, 0.4) is 0 Å². The average molecular weight is 399 g/mol. The van der Waals surface area contributed by atoms with Crippen LogP contribution in [0.5, 0.6) is 5.75 Å². The Morgan fingerprint density at radius 3 is 2.93 bits per heavy atom. The number of likely N-dealkylation sites (tertiary alicyclic amines) is 1. The molecule has 0 saturated carbocycles. The third-order valence-electron chi connectivity index (χ3n) is 5.33. The zero-order valence-corrected chi connectivity index (χ0v) is 17.1. The molecule has 1 amide bonds. The van der Waals surface area contributed by atoms with E-state index >= 15 is 0 Å². The Morgan fingerprint density at radius 1 is 1.31 bits per heavy atom. The monoisotopic (exact) mass is 399 g/mol. The molecule has 1 saturated heterocycles. The van der Waals surface area contributed by atoms with Crippen molar-refractivity contribution in [1.29, 1.82) is 0 Å². The van der Waals surface area contributed by atoms with Gasteiger partial charge in [-0.3, -0.25) is 14.8 Å². The molecule has 0 unspecified atom stereocenters. The van der Waals surface area contributed by atoms with E-state index in [1.54, 1.807) is 25.4 Å². The van der Waals surface area contributed by atoms with E-state index in [4.69, 9.17) is 4.74 Å². The van der Waals surface area contributed by atoms with Gasteiger partial charge < -0.3 is 15.0 Å². The van der Waals surface area contributed by atoms with E-state index in [9.17, 15) is 4.79 Å². The van der Waals surface area contributed by atoms with Crippen LogP contribution in [0.15, 0.2) is 41.6 Å². The predicted molar refractivity (Wildman–Crippen MR) is 109 cm³/mol. The van der Waals surface area contributed by atoms with E-state index in [1.165, 1.54) is 31.6 Å². The van der Waals surface area contributed by atoms with Crippen LogP contribution in [0, 0.1) is 0 Å². The van der Waals surface area contributed by atoms with Crippen molar-refractivity contribution >= 4 is 5.91 Å². The molecular weight excluding hydrogens is 370 g/mol. The van der Waals surface area contributed by atoms with Gasteiger partial charge in [-0.25, -0.2) is 5.43 Å². The zero-order valence-electron chi connectivity index (χ0n) is 17.1. The van der Waals surface area contributed by atoms with Gasteiger partial charge >= 0.3 is 0 Å². The topological polar surface area (TPSA) is 84.8 Å². The lowest BCUT2D eigenvalue weighted by atomic mass is 10.2. The molecule has 0 aromatic carbocycles. The van der Waals surface area contributed by atoms with Crippen LogP contribution >= 0.6 is 0 Å². The Labute approximate surface area is 171 Å². The minimum absolute atomic E-state index is 0.226. The lowest BCUT2D eigenvalue weighted by Gasteiger charge is -2.23. The molecule has 3 aliphatic rings. The van der Waals surface area contributed by atoms with E-state index in [1.807, 2.05) is 18.2 Å². The average Bonchev–Trinajstić information content (AvgIpc) is 3.13. The first kappa shape index (κ1) is 19.8. The highest BCUT2D eigenvalue weighted by atomic mass is 16.5. The van der Waals surface area contributed by atoms with Crippen LogP contribution < -0.4 is 21.0 Å². The fourth-order valence-electron chi connectivity index (χ4n) is 3.71. The van der Waals surface area contributed by atoms with Crippen molar-refractivity contribution in [3.05, 3.63) is 47.3 Å². The highest BCUT2D eigenvalue weighted by Gasteiger charge is 2.36. The molecule has 0 spiro atoms. The Kier molecular flexibility index (Phi) is 6.10. The van der Waals surface area contributed by atoms with Crippen LogP contribution in [0.4, 0.5) is 0 Å². The zero-order chi connectivity index (χ0) is 20.2. The van der Waals surface area contributed by atoms with Crippen LogP contribution in [-0.4, -0.2) is 66.2 Å². The number of ether oxygens (including phenoxy) is 1. The number of nitrogens with one attached hydrogen (secondary N) is 3. The summed E-state index contributed by atoms with van der Waals surface area (Å²) >= 11 is 0. The number of rotatable bonds is 9. The van der Waals surface area contributed by atoms with Crippen molar-refractivity contribution in [3.8, 4) is 5.75 Å². The minimum Gasteiger partial charge on any atom is -0.462 e. The maximum atomic E-state index is 11.7. The highest BCUT2D eigenvalue weighted by molar-refractivity contribution is 5.92. The van der Waals surface area contributed by atoms with Crippen LogP contribution in [0.25, 0.3) is 0 Å². The first-order chi connectivity index (χ1) is 14.1. The summed E-state index contributed by atoms with van der Waals surface area (Å²) in [4.78, 5) is 18.3. The van der Waals surface area contributed by atoms with Gasteiger partial charge in [0.05, 0.1) is 11.4 Å². The van der Waals surface area contributed by atoms with Gasteiger partial charge in [-0.05, 0) is 38.4 Å². The number of nitrogens with zero attached hydrogens (tertiary/aromatic N) is 4. The maximum absolute atomic E-state index is 11.7. The standard InChI is InChI=1S/C20H29N7O2/c1-21-20(28)17-13-16(7-8-22-17)29-15-5-6-18-19(14-15)27(18)24-25(2)23-9-12-26-10-3-4-11-26/h7-8,13-14,23-24H,3-6,9-12H2,1-2H3,(H,21,28). The first-order valence-electron chi connectivity index (χ1n) is 10.2. The van der Waals surface area contributed by atoms with Gasteiger partial charge in [0.2, 0.25) is 0 Å². The molecule has 156 valence electrons. The molecule has 3 heterocycles. The van der Waals surface area contributed by atoms with E-state index in [-0.39, 0.29) is 5.91 Å². The van der Waals surface area contributed by atoms with Gasteiger partial charge in [-0.1, -0.05) is 0 Å². The quantitative estimate of drug-likeness (QED) is 0.530. The third-order valence-corrected chi connectivity index (χ3v) is 5.33. The normalized spacial score (nSPS) is 18.7. The summed E-state index contributed by atoms with van der Waals surface area (Å²) < 4.78 is 5.98. The van der Waals surface area contributed by atoms with Gasteiger partial charge in [0.25, 0.3) is 5.91 Å². The smallest absolute Gasteiger partial charge is 0.269 e. The summed E-state index contributed by atoms with van der Waals surface area (Å²) in [5.41, 5.74) is 9.48. The number of hydrazine groups is 3. The van der Waals surface area contributed by atoms with Crippen molar-refractivity contribution in [3.63, 3.8) is 0 Å². The second-order valence-electron chi connectivity index (χ2n) is 7.45. The van der Waals surface area contributed by atoms with E-state index in [0.29, 0.717) is 11.4 Å². The molecule has 9 heteroatoms. The molecule has 1 aromatic heterocycles. The van der Waals surface area contributed by atoms with Crippen molar-refractivity contribution in [2.24, 2.45) is 0 Å². The molecule has 0 atom stereocenters. The minimum atomic E-state index is -0.226. The molecule has 1 fully saturated rings. The van der Waals surface area contributed by atoms with Gasteiger partial charge in [0, 0.05) is 51.9 Å². The Hall–Kier alpha value is -2.46. The second-order valence-corrected chi connectivity index (χ2v) is 7.45. The van der Waals surface area contributed by atoms with Crippen molar-refractivity contribution in [1.82, 2.24) is 36.3 Å². The molecule has 9 nitrogen and oxygen atoms in total. The van der Waals surface area contributed by atoms with Crippen LogP contribution in [-0.2, 0) is 0 Å². The summed E-state index contributed by atoms with van der Waals surface area (Å²) in [5, 5.41) is 6.55. The second kappa shape index (κ2) is 8.91. The Bertz CT molecular complexity index is 817. The van der Waals surface area contributed by atoms with Crippen LogP contribution in [0.1, 0.15) is 36.2 Å². The number of hydrogen-bond donors (Lipinski definition) is 3. The van der Waals surface area contributed by atoms with Crippen molar-refractivity contribution in [2.75, 3.05) is 40.3 Å². The molecule has 0 radical (unpaired) electrons. The fourth-order valence-corrected chi connectivity index (χ4v) is 3.71. The van der Waals surface area contributed by atoms with Gasteiger partial charge in [0.15, 0.2) is 0 Å². The maximum Gasteiger partial charge on any atom is 0.269 e. The highest BCUT2D eigenvalue weighted by Crippen LogP contribution is 2.40. The van der Waals surface area contributed by atoms with Gasteiger partial charge in [0.1, 0.15) is 17.2 Å². The fraction of sp³-hybridized carbons (Fsp3) is 0.500. The molecule has 29 heavy (non-hydrogen) atoms. The molecule has 2 aliphatic heterocycles. The number of hydrogen-bond acceptors (Lipinski definition) is 8. The number of pyridine rings is 1. The third kappa shape index (κ3) is 4.94. The van der Waals surface area contributed by atoms with E-state index in [0.717, 1.165) is 37.4 Å². The number of carbonyl (C=O) groups excluding carboxylic acids is 1. The summed E-state index contributed by atoms with van der Waals surface area (Å²) in [6.45, 7) is 4.43. The Balaban J connectivity index is 1.24. The SMILES string of the molecule is CNC(=O)c1cc(OC2=CC3=C(CC2)N3NN(C)NCCN2CCCC2)ccn1. The van der Waals surface area contributed by atoms with E-state index < -0.39 is 0 Å². The summed E-state index contributed by atoms with van der Waals surface area (Å²) in [5.74, 6) is 1.28. The molecule has 1 aromatic rings.